The van der Waals surface area contributed by atoms with Crippen molar-refractivity contribution < 1.29 is 13.9 Å². The first kappa shape index (κ1) is 14.5. The van der Waals surface area contributed by atoms with Gasteiger partial charge < -0.3 is 15.2 Å². The topological polar surface area (TPSA) is 94.0 Å². The Hall–Kier alpha value is -2.88. The van der Waals surface area contributed by atoms with E-state index < -0.39 is 5.82 Å². The number of ether oxygens (including phenoxy) is 2. The maximum atomic E-state index is 13.5. The summed E-state index contributed by atoms with van der Waals surface area (Å²) in [6, 6.07) is 5.59. The third-order valence-electron chi connectivity index (χ3n) is 2.53. The number of nitrogens with zero attached hydrogens (tertiary/aromatic N) is 3. The summed E-state index contributed by atoms with van der Waals surface area (Å²) >= 11 is 0. The number of nitrogen functional groups attached to an aromatic ring is 1. The van der Waals surface area contributed by atoms with Gasteiger partial charge in [-0.05, 0) is 18.6 Å². The number of nitrogens with two attached hydrogens (primary N) is 1. The van der Waals surface area contributed by atoms with Gasteiger partial charge in [0.05, 0.1) is 12.2 Å². The maximum absolute atomic E-state index is 13.5. The van der Waals surface area contributed by atoms with E-state index in [9.17, 15) is 4.39 Å². The summed E-state index contributed by atoms with van der Waals surface area (Å²) in [7, 11) is 0. The van der Waals surface area contributed by atoms with Crippen LogP contribution in [0, 0.1) is 17.1 Å². The summed E-state index contributed by atoms with van der Waals surface area (Å²) in [4.78, 5) is 7.80. The van der Waals surface area contributed by atoms with Gasteiger partial charge in [-0.3, -0.25) is 0 Å². The van der Waals surface area contributed by atoms with Crippen molar-refractivity contribution in [2.45, 2.75) is 13.3 Å². The van der Waals surface area contributed by atoms with E-state index in [1.807, 2.05) is 6.92 Å². The first-order chi connectivity index (χ1) is 10.2. The van der Waals surface area contributed by atoms with E-state index in [-0.39, 0.29) is 28.8 Å². The summed E-state index contributed by atoms with van der Waals surface area (Å²) < 4.78 is 24.3. The largest absolute Gasteiger partial charge is 0.476 e. The molecule has 0 saturated heterocycles. The molecule has 1 aromatic heterocycles. The van der Waals surface area contributed by atoms with Gasteiger partial charge in [0.25, 0.3) is 0 Å². The predicted molar refractivity (Wildman–Crippen MR) is 73.4 cm³/mol. The summed E-state index contributed by atoms with van der Waals surface area (Å²) in [6.07, 6.45) is 2.05. The lowest BCUT2D eigenvalue weighted by atomic mass is 10.2. The zero-order chi connectivity index (χ0) is 15.2. The van der Waals surface area contributed by atoms with E-state index in [1.165, 1.54) is 18.5 Å². The zero-order valence-corrected chi connectivity index (χ0v) is 11.3. The highest BCUT2D eigenvalue weighted by molar-refractivity contribution is 5.57. The highest BCUT2D eigenvalue weighted by Gasteiger charge is 2.12. The number of nitriles is 1. The SMILES string of the molecule is CCCOc1ncnc(Oc2ccc(C#N)c(F)c2)c1N. The Balaban J connectivity index is 2.23. The van der Waals surface area contributed by atoms with Crippen molar-refractivity contribution in [3.8, 4) is 23.6 Å². The smallest absolute Gasteiger partial charge is 0.249 e. The summed E-state index contributed by atoms with van der Waals surface area (Å²) in [6.45, 7) is 2.42. The Morgan fingerprint density at radius 2 is 2.10 bits per heavy atom. The van der Waals surface area contributed by atoms with Crippen molar-refractivity contribution in [3.05, 3.63) is 35.9 Å². The van der Waals surface area contributed by atoms with Crippen LogP contribution in [0.5, 0.6) is 17.5 Å². The van der Waals surface area contributed by atoms with E-state index in [2.05, 4.69) is 9.97 Å². The van der Waals surface area contributed by atoms with Gasteiger partial charge in [-0.1, -0.05) is 6.92 Å². The van der Waals surface area contributed by atoms with Gasteiger partial charge in [0.15, 0.2) is 5.69 Å². The van der Waals surface area contributed by atoms with Crippen molar-refractivity contribution in [2.24, 2.45) is 0 Å². The molecule has 21 heavy (non-hydrogen) atoms. The van der Waals surface area contributed by atoms with Crippen molar-refractivity contribution in [3.63, 3.8) is 0 Å². The molecule has 108 valence electrons. The molecule has 1 heterocycles. The standard InChI is InChI=1S/C14H13FN4O2/c1-2-5-20-13-12(17)14(19-8-18-13)21-10-4-3-9(7-16)11(15)6-10/h3-4,6,8H,2,5,17H2,1H3. The van der Waals surface area contributed by atoms with Gasteiger partial charge in [-0.2, -0.15) is 15.2 Å². The highest BCUT2D eigenvalue weighted by Crippen LogP contribution is 2.31. The first-order valence-electron chi connectivity index (χ1n) is 6.26. The van der Waals surface area contributed by atoms with Gasteiger partial charge in [0.2, 0.25) is 11.8 Å². The van der Waals surface area contributed by atoms with Gasteiger partial charge in [0, 0.05) is 6.07 Å². The summed E-state index contributed by atoms with van der Waals surface area (Å²) in [5.74, 6) is -0.209. The van der Waals surface area contributed by atoms with Crippen LogP contribution in [0.1, 0.15) is 18.9 Å². The van der Waals surface area contributed by atoms with Gasteiger partial charge in [-0.15, -0.1) is 0 Å². The molecule has 0 atom stereocenters. The van der Waals surface area contributed by atoms with E-state index in [1.54, 1.807) is 6.07 Å². The molecule has 0 saturated carbocycles. The molecule has 0 aliphatic heterocycles. The minimum absolute atomic E-state index is 0.0648. The molecule has 2 rings (SSSR count). The monoisotopic (exact) mass is 288 g/mol. The molecule has 1 aromatic carbocycles. The second-order valence-electron chi connectivity index (χ2n) is 4.10. The number of rotatable bonds is 5. The third-order valence-corrected chi connectivity index (χ3v) is 2.53. The Morgan fingerprint density at radius 1 is 1.33 bits per heavy atom. The fourth-order valence-corrected chi connectivity index (χ4v) is 1.52. The molecule has 0 aliphatic rings. The lowest BCUT2D eigenvalue weighted by molar-refractivity contribution is 0.304. The molecule has 6 nitrogen and oxygen atoms in total. The Bertz CT molecular complexity index is 685. The Labute approximate surface area is 121 Å². The maximum Gasteiger partial charge on any atom is 0.249 e. The van der Waals surface area contributed by atoms with Crippen LogP contribution < -0.4 is 15.2 Å². The molecule has 0 aliphatic carbocycles. The molecule has 0 amide bonds. The average molecular weight is 288 g/mol. The lowest BCUT2D eigenvalue weighted by Crippen LogP contribution is -2.04. The van der Waals surface area contributed by atoms with Crippen LogP contribution >= 0.6 is 0 Å². The van der Waals surface area contributed by atoms with Crippen molar-refractivity contribution >= 4 is 5.69 Å². The molecule has 0 unspecified atom stereocenters. The second-order valence-corrected chi connectivity index (χ2v) is 4.10. The number of halogens is 1. The molecule has 0 bridgehead atoms. The Kier molecular flexibility index (Phi) is 4.51. The third kappa shape index (κ3) is 3.36. The van der Waals surface area contributed by atoms with Crippen LogP contribution in [-0.4, -0.2) is 16.6 Å². The van der Waals surface area contributed by atoms with Gasteiger partial charge >= 0.3 is 0 Å². The van der Waals surface area contributed by atoms with Crippen LogP contribution in [-0.2, 0) is 0 Å². The summed E-state index contributed by atoms with van der Waals surface area (Å²) in [5, 5.41) is 8.67. The van der Waals surface area contributed by atoms with E-state index in [0.717, 1.165) is 12.5 Å². The minimum Gasteiger partial charge on any atom is -0.476 e. The number of anilines is 1. The second kappa shape index (κ2) is 6.52. The predicted octanol–water partition coefficient (Wildman–Crippen LogP) is 2.65. The summed E-state index contributed by atoms with van der Waals surface area (Å²) in [5.41, 5.74) is 5.92. The van der Waals surface area contributed by atoms with Crippen LogP contribution in [0.25, 0.3) is 0 Å². The fraction of sp³-hybridized carbons (Fsp3) is 0.214. The lowest BCUT2D eigenvalue weighted by Gasteiger charge is -2.10. The van der Waals surface area contributed by atoms with Crippen LogP contribution in [0.3, 0.4) is 0 Å². The van der Waals surface area contributed by atoms with Gasteiger partial charge in [-0.25, -0.2) is 4.39 Å². The Morgan fingerprint density at radius 3 is 2.76 bits per heavy atom. The number of benzene rings is 1. The van der Waals surface area contributed by atoms with E-state index in [0.29, 0.717) is 6.61 Å². The first-order valence-corrected chi connectivity index (χ1v) is 6.26. The molecular weight excluding hydrogens is 275 g/mol. The molecular formula is C14H13FN4O2. The number of aromatic nitrogens is 2. The van der Waals surface area contributed by atoms with Crippen LogP contribution in [0.4, 0.5) is 10.1 Å². The average Bonchev–Trinajstić information content (AvgIpc) is 2.48. The van der Waals surface area contributed by atoms with Crippen LogP contribution in [0.15, 0.2) is 24.5 Å². The van der Waals surface area contributed by atoms with Crippen molar-refractivity contribution in [1.82, 2.24) is 9.97 Å². The van der Waals surface area contributed by atoms with E-state index >= 15 is 0 Å². The van der Waals surface area contributed by atoms with Crippen LogP contribution in [0.2, 0.25) is 0 Å². The van der Waals surface area contributed by atoms with Crippen molar-refractivity contribution in [1.29, 1.82) is 5.26 Å². The molecule has 2 N–H and O–H groups in total. The number of hydrogen-bond donors (Lipinski definition) is 1. The number of hydrogen-bond acceptors (Lipinski definition) is 6. The van der Waals surface area contributed by atoms with E-state index in [4.69, 9.17) is 20.5 Å². The molecule has 0 spiro atoms. The molecule has 2 aromatic rings. The van der Waals surface area contributed by atoms with Gasteiger partial charge in [0.1, 0.15) is 24.0 Å². The molecule has 7 heteroatoms. The highest BCUT2D eigenvalue weighted by atomic mass is 19.1. The molecule has 0 radical (unpaired) electrons. The molecule has 0 fully saturated rings. The minimum atomic E-state index is -0.676. The zero-order valence-electron chi connectivity index (χ0n) is 11.3. The quantitative estimate of drug-likeness (QED) is 0.908. The van der Waals surface area contributed by atoms with Crippen molar-refractivity contribution in [2.75, 3.05) is 12.3 Å². The fourth-order valence-electron chi connectivity index (χ4n) is 1.52. The normalized spacial score (nSPS) is 9.95.